The number of rotatable bonds is 4. The number of alkyl halides is 3. The predicted octanol–water partition coefficient (Wildman–Crippen LogP) is 3.57. The van der Waals surface area contributed by atoms with Gasteiger partial charge >= 0.3 is 6.18 Å². The molecule has 2 aromatic carbocycles. The van der Waals surface area contributed by atoms with Crippen LogP contribution in [0.5, 0.6) is 5.75 Å². The van der Waals surface area contributed by atoms with Gasteiger partial charge < -0.3 is 15.4 Å². The summed E-state index contributed by atoms with van der Waals surface area (Å²) in [6, 6.07) is 10.8. The van der Waals surface area contributed by atoms with Gasteiger partial charge in [0.1, 0.15) is 12.3 Å². The molecule has 9 heteroatoms. The van der Waals surface area contributed by atoms with Crippen LogP contribution in [0.1, 0.15) is 15.9 Å². The summed E-state index contributed by atoms with van der Waals surface area (Å²) in [5.74, 6) is -0.917. The maximum atomic E-state index is 12.5. The van der Waals surface area contributed by atoms with Crippen LogP contribution in [0.2, 0.25) is 5.02 Å². The highest BCUT2D eigenvalue weighted by molar-refractivity contribution is 6.30. The number of hydrogen-bond acceptors (Lipinski definition) is 3. The number of benzene rings is 2. The van der Waals surface area contributed by atoms with Gasteiger partial charge in [0, 0.05) is 11.4 Å². The molecule has 2 amide bonds. The molecule has 1 unspecified atom stereocenters. The van der Waals surface area contributed by atoms with E-state index < -0.39 is 30.6 Å². The predicted molar refractivity (Wildman–Crippen MR) is 93.0 cm³/mol. The molecule has 0 bridgehead atoms. The zero-order valence-electron chi connectivity index (χ0n) is 13.8. The molecule has 5 nitrogen and oxygen atoms in total. The highest BCUT2D eigenvalue weighted by Gasteiger charge is 2.31. The lowest BCUT2D eigenvalue weighted by molar-refractivity contribution is -0.123. The molecule has 1 aliphatic heterocycles. The van der Waals surface area contributed by atoms with Crippen molar-refractivity contribution in [3.8, 4) is 5.75 Å². The molecule has 0 fully saturated rings. The number of para-hydroxylation sites is 1. The second-order valence-electron chi connectivity index (χ2n) is 5.90. The quantitative estimate of drug-likeness (QED) is 0.827. The van der Waals surface area contributed by atoms with Crippen LogP contribution in [0.3, 0.4) is 0 Å². The second kappa shape index (κ2) is 7.48. The molecule has 2 N–H and O–H groups in total. The number of carbonyl (C=O) groups is 2. The van der Waals surface area contributed by atoms with E-state index in [-0.39, 0.29) is 11.3 Å². The molecule has 27 heavy (non-hydrogen) atoms. The molecule has 0 aromatic heterocycles. The number of halogens is 4. The minimum atomic E-state index is -4.53. The molecule has 142 valence electrons. The minimum absolute atomic E-state index is 0.0753. The monoisotopic (exact) mass is 398 g/mol. The Bertz CT molecular complexity index is 886. The molecule has 1 aliphatic rings. The van der Waals surface area contributed by atoms with Crippen molar-refractivity contribution in [2.75, 3.05) is 11.9 Å². The fourth-order valence-electron chi connectivity index (χ4n) is 2.64. The molecular formula is C18H14ClF3N2O3. The van der Waals surface area contributed by atoms with Crippen LogP contribution in [0.4, 0.5) is 18.9 Å². The Morgan fingerprint density at radius 1 is 1.19 bits per heavy atom. The first kappa shape index (κ1) is 19.0. The molecule has 1 atom stereocenters. The number of hydrogen-bond donors (Lipinski definition) is 2. The van der Waals surface area contributed by atoms with Crippen LogP contribution >= 0.6 is 11.6 Å². The Balaban J connectivity index is 1.69. The normalized spacial score (nSPS) is 15.6. The van der Waals surface area contributed by atoms with E-state index in [1.807, 2.05) is 0 Å². The van der Waals surface area contributed by atoms with Crippen molar-refractivity contribution in [2.45, 2.75) is 18.7 Å². The van der Waals surface area contributed by atoms with Crippen molar-refractivity contribution < 1.29 is 27.5 Å². The molecule has 1 heterocycles. The Morgan fingerprint density at radius 3 is 2.67 bits per heavy atom. The third-order valence-corrected chi connectivity index (χ3v) is 4.10. The standard InChI is InChI=1S/C18H14ClF3N2O3/c19-11-5-6-14-10(7-11)8-15(27-14)17(26)24-13-4-2-1-3-12(13)16(25)23-9-18(20,21)22/h1-7,15H,8-9H2,(H,23,25)(H,24,26). The minimum Gasteiger partial charge on any atom is -0.480 e. The Labute approximate surface area is 157 Å². The lowest BCUT2D eigenvalue weighted by Gasteiger charge is -2.15. The summed E-state index contributed by atoms with van der Waals surface area (Å²) in [5.41, 5.74) is 0.798. The Kier molecular flexibility index (Phi) is 5.27. The van der Waals surface area contributed by atoms with E-state index >= 15 is 0 Å². The second-order valence-corrected chi connectivity index (χ2v) is 6.33. The van der Waals surface area contributed by atoms with E-state index in [0.29, 0.717) is 17.2 Å². The highest BCUT2D eigenvalue weighted by Crippen LogP contribution is 2.31. The summed E-state index contributed by atoms with van der Waals surface area (Å²) in [6.45, 7) is -1.46. The molecule has 2 aromatic rings. The molecule has 0 saturated carbocycles. The maximum absolute atomic E-state index is 12.5. The molecule has 3 rings (SSSR count). The zero-order valence-corrected chi connectivity index (χ0v) is 14.5. The summed E-state index contributed by atoms with van der Waals surface area (Å²) < 4.78 is 42.5. The van der Waals surface area contributed by atoms with Crippen molar-refractivity contribution in [3.63, 3.8) is 0 Å². The first-order valence-corrected chi connectivity index (χ1v) is 8.30. The molecule has 0 radical (unpaired) electrons. The van der Waals surface area contributed by atoms with E-state index in [4.69, 9.17) is 16.3 Å². The molecule has 0 aliphatic carbocycles. The fourth-order valence-corrected chi connectivity index (χ4v) is 2.84. The van der Waals surface area contributed by atoms with Gasteiger partial charge in [0.2, 0.25) is 0 Å². The maximum Gasteiger partial charge on any atom is 0.405 e. The smallest absolute Gasteiger partial charge is 0.405 e. The number of nitrogens with one attached hydrogen (secondary N) is 2. The Hall–Kier alpha value is -2.74. The van der Waals surface area contributed by atoms with Crippen molar-refractivity contribution in [2.24, 2.45) is 0 Å². The van der Waals surface area contributed by atoms with Crippen molar-refractivity contribution in [1.29, 1.82) is 0 Å². The number of anilines is 1. The zero-order chi connectivity index (χ0) is 19.6. The van der Waals surface area contributed by atoms with Crippen LogP contribution in [-0.2, 0) is 11.2 Å². The summed E-state index contributed by atoms with van der Waals surface area (Å²) in [4.78, 5) is 24.5. The lowest BCUT2D eigenvalue weighted by Crippen LogP contribution is -2.35. The van der Waals surface area contributed by atoms with Crippen LogP contribution in [0, 0.1) is 0 Å². The first-order valence-electron chi connectivity index (χ1n) is 7.93. The van der Waals surface area contributed by atoms with Crippen molar-refractivity contribution in [1.82, 2.24) is 5.32 Å². The largest absolute Gasteiger partial charge is 0.480 e. The molecule has 0 saturated heterocycles. The van der Waals surface area contributed by atoms with E-state index in [1.54, 1.807) is 29.6 Å². The van der Waals surface area contributed by atoms with Gasteiger partial charge in [0.05, 0.1) is 11.3 Å². The van der Waals surface area contributed by atoms with Gasteiger partial charge in [0.25, 0.3) is 11.8 Å². The summed E-state index contributed by atoms with van der Waals surface area (Å²) >= 11 is 5.92. The van der Waals surface area contributed by atoms with Crippen LogP contribution < -0.4 is 15.4 Å². The average molecular weight is 399 g/mol. The average Bonchev–Trinajstić information content (AvgIpc) is 3.03. The van der Waals surface area contributed by atoms with E-state index in [1.165, 1.54) is 18.2 Å². The number of carbonyl (C=O) groups excluding carboxylic acids is 2. The third kappa shape index (κ3) is 4.71. The van der Waals surface area contributed by atoms with Gasteiger partial charge in [-0.1, -0.05) is 23.7 Å². The van der Waals surface area contributed by atoms with E-state index in [0.717, 1.165) is 5.56 Å². The van der Waals surface area contributed by atoms with Gasteiger partial charge in [-0.3, -0.25) is 9.59 Å². The third-order valence-electron chi connectivity index (χ3n) is 3.87. The van der Waals surface area contributed by atoms with E-state index in [2.05, 4.69) is 5.32 Å². The number of amides is 2. The van der Waals surface area contributed by atoms with Crippen LogP contribution in [-0.4, -0.2) is 30.6 Å². The summed E-state index contributed by atoms with van der Waals surface area (Å²) in [7, 11) is 0. The Morgan fingerprint density at radius 2 is 1.93 bits per heavy atom. The van der Waals surface area contributed by atoms with Crippen LogP contribution in [0.15, 0.2) is 42.5 Å². The molecular weight excluding hydrogens is 385 g/mol. The summed E-state index contributed by atoms with van der Waals surface area (Å²) in [6.07, 6.45) is -5.06. The van der Waals surface area contributed by atoms with Gasteiger partial charge in [-0.05, 0) is 35.9 Å². The SMILES string of the molecule is O=C(NCC(F)(F)F)c1ccccc1NC(=O)C1Cc2cc(Cl)ccc2O1. The fraction of sp³-hybridized carbons (Fsp3) is 0.222. The summed E-state index contributed by atoms with van der Waals surface area (Å²) in [5, 5.41) is 4.84. The topological polar surface area (TPSA) is 67.4 Å². The van der Waals surface area contributed by atoms with Crippen LogP contribution in [0.25, 0.3) is 0 Å². The van der Waals surface area contributed by atoms with Crippen molar-refractivity contribution in [3.05, 3.63) is 58.6 Å². The first-order chi connectivity index (χ1) is 12.7. The van der Waals surface area contributed by atoms with Crippen molar-refractivity contribution >= 4 is 29.1 Å². The number of ether oxygens (including phenoxy) is 1. The molecule has 0 spiro atoms. The highest BCUT2D eigenvalue weighted by atomic mass is 35.5. The van der Waals surface area contributed by atoms with Gasteiger partial charge in [-0.25, -0.2) is 0 Å². The lowest BCUT2D eigenvalue weighted by atomic mass is 10.1. The van der Waals surface area contributed by atoms with E-state index in [9.17, 15) is 22.8 Å². The van der Waals surface area contributed by atoms with Gasteiger partial charge in [-0.15, -0.1) is 0 Å². The van der Waals surface area contributed by atoms with Gasteiger partial charge in [0.15, 0.2) is 6.10 Å². The number of fused-ring (bicyclic) bond motifs is 1. The van der Waals surface area contributed by atoms with Gasteiger partial charge in [-0.2, -0.15) is 13.2 Å².